The van der Waals surface area contributed by atoms with Gasteiger partial charge < -0.3 is 5.11 Å². The third-order valence-electron chi connectivity index (χ3n) is 1.55. The molecular formula is C7H6N4OS. The van der Waals surface area contributed by atoms with Gasteiger partial charge in [-0.2, -0.15) is 8.75 Å². The van der Waals surface area contributed by atoms with Crippen molar-refractivity contribution in [1.29, 1.82) is 0 Å². The fourth-order valence-electron chi connectivity index (χ4n) is 0.915. The van der Waals surface area contributed by atoms with Gasteiger partial charge in [0.2, 0.25) is 0 Å². The summed E-state index contributed by atoms with van der Waals surface area (Å²) in [4.78, 5) is 7.60. The molecule has 0 amide bonds. The van der Waals surface area contributed by atoms with E-state index in [0.29, 0.717) is 11.3 Å². The second-order valence-corrected chi connectivity index (χ2v) is 2.96. The summed E-state index contributed by atoms with van der Waals surface area (Å²) >= 11 is 1.06. The predicted molar refractivity (Wildman–Crippen MR) is 46.0 cm³/mol. The van der Waals surface area contributed by atoms with E-state index in [9.17, 15) is 5.11 Å². The Balaban J connectivity index is 2.29. The van der Waals surface area contributed by atoms with Gasteiger partial charge in [0.05, 0.1) is 17.9 Å². The van der Waals surface area contributed by atoms with Gasteiger partial charge in [0.25, 0.3) is 0 Å². The summed E-state index contributed by atoms with van der Waals surface area (Å²) in [5.41, 5.74) is 1.15. The van der Waals surface area contributed by atoms with Crippen molar-refractivity contribution in [3.63, 3.8) is 0 Å². The maximum absolute atomic E-state index is 9.70. The molecule has 0 bridgehead atoms. The SMILES string of the molecule is OC(c1cncnc1)c1cnsn1. The Labute approximate surface area is 78.4 Å². The molecule has 0 spiro atoms. The van der Waals surface area contributed by atoms with E-state index >= 15 is 0 Å². The Bertz CT molecular complexity index is 363. The molecule has 1 unspecified atom stereocenters. The van der Waals surface area contributed by atoms with Crippen molar-refractivity contribution in [2.24, 2.45) is 0 Å². The number of hydrogen-bond donors (Lipinski definition) is 1. The molecule has 13 heavy (non-hydrogen) atoms. The van der Waals surface area contributed by atoms with Crippen LogP contribution in [0.15, 0.2) is 24.9 Å². The zero-order chi connectivity index (χ0) is 9.10. The van der Waals surface area contributed by atoms with Crippen LogP contribution in [0, 0.1) is 0 Å². The van der Waals surface area contributed by atoms with Gasteiger partial charge in [-0.25, -0.2) is 9.97 Å². The van der Waals surface area contributed by atoms with Crippen LogP contribution in [0.5, 0.6) is 0 Å². The highest BCUT2D eigenvalue weighted by Gasteiger charge is 2.12. The predicted octanol–water partition coefficient (Wildman–Crippen LogP) is 0.410. The second-order valence-electron chi connectivity index (χ2n) is 2.41. The number of aromatic nitrogens is 4. The molecule has 0 aliphatic heterocycles. The van der Waals surface area contributed by atoms with E-state index in [1.54, 1.807) is 12.4 Å². The zero-order valence-corrected chi connectivity index (χ0v) is 7.35. The van der Waals surface area contributed by atoms with Gasteiger partial charge in [0, 0.05) is 18.0 Å². The highest BCUT2D eigenvalue weighted by atomic mass is 32.1. The molecule has 0 aliphatic carbocycles. The van der Waals surface area contributed by atoms with Crippen LogP contribution in [0.1, 0.15) is 17.4 Å². The van der Waals surface area contributed by atoms with E-state index in [-0.39, 0.29) is 0 Å². The third-order valence-corrected chi connectivity index (χ3v) is 2.05. The van der Waals surface area contributed by atoms with Crippen LogP contribution in [0.2, 0.25) is 0 Å². The molecule has 1 N–H and O–H groups in total. The minimum Gasteiger partial charge on any atom is -0.382 e. The van der Waals surface area contributed by atoms with E-state index < -0.39 is 6.10 Å². The normalized spacial score (nSPS) is 12.7. The van der Waals surface area contributed by atoms with Gasteiger partial charge in [0.1, 0.15) is 18.1 Å². The summed E-state index contributed by atoms with van der Waals surface area (Å²) in [6, 6.07) is 0. The molecule has 0 aromatic carbocycles. The Morgan fingerprint density at radius 2 is 2.00 bits per heavy atom. The monoisotopic (exact) mass is 194 g/mol. The number of nitrogens with zero attached hydrogens (tertiary/aromatic N) is 4. The average Bonchev–Trinajstić information content (AvgIpc) is 2.71. The first-order valence-corrected chi connectivity index (χ1v) is 4.31. The van der Waals surface area contributed by atoms with Crippen molar-refractivity contribution < 1.29 is 5.11 Å². The summed E-state index contributed by atoms with van der Waals surface area (Å²) in [7, 11) is 0. The van der Waals surface area contributed by atoms with E-state index in [2.05, 4.69) is 18.7 Å². The molecule has 0 saturated heterocycles. The maximum Gasteiger partial charge on any atom is 0.127 e. The third kappa shape index (κ3) is 1.68. The summed E-state index contributed by atoms with van der Waals surface area (Å²) in [5, 5.41) is 9.70. The van der Waals surface area contributed by atoms with Crippen LogP contribution in [0.25, 0.3) is 0 Å². The van der Waals surface area contributed by atoms with Crippen LogP contribution in [0.4, 0.5) is 0 Å². The first-order chi connectivity index (χ1) is 6.38. The van der Waals surface area contributed by atoms with Gasteiger partial charge in [-0.05, 0) is 0 Å². The molecule has 6 heteroatoms. The van der Waals surface area contributed by atoms with Crippen LogP contribution in [-0.2, 0) is 0 Å². The number of rotatable bonds is 2. The maximum atomic E-state index is 9.70. The van der Waals surface area contributed by atoms with Crippen LogP contribution >= 0.6 is 11.7 Å². The van der Waals surface area contributed by atoms with Crippen LogP contribution in [0.3, 0.4) is 0 Å². The van der Waals surface area contributed by atoms with Crippen molar-refractivity contribution in [2.75, 3.05) is 0 Å². The molecule has 0 radical (unpaired) electrons. The first kappa shape index (κ1) is 8.21. The van der Waals surface area contributed by atoms with Crippen molar-refractivity contribution in [2.45, 2.75) is 6.10 Å². The van der Waals surface area contributed by atoms with Gasteiger partial charge in [0.15, 0.2) is 0 Å². The lowest BCUT2D eigenvalue weighted by atomic mass is 10.1. The number of hydrogen-bond acceptors (Lipinski definition) is 6. The van der Waals surface area contributed by atoms with Crippen LogP contribution < -0.4 is 0 Å². The Morgan fingerprint density at radius 3 is 2.62 bits per heavy atom. The van der Waals surface area contributed by atoms with Crippen molar-refractivity contribution in [1.82, 2.24) is 18.7 Å². The smallest absolute Gasteiger partial charge is 0.127 e. The van der Waals surface area contributed by atoms with Crippen molar-refractivity contribution in [3.8, 4) is 0 Å². The molecule has 66 valence electrons. The van der Waals surface area contributed by atoms with E-state index in [1.807, 2.05) is 0 Å². The molecule has 0 aliphatic rings. The lowest BCUT2D eigenvalue weighted by molar-refractivity contribution is 0.215. The number of aliphatic hydroxyl groups excluding tert-OH is 1. The molecule has 0 fully saturated rings. The van der Waals surface area contributed by atoms with Gasteiger partial charge in [-0.1, -0.05) is 0 Å². The lowest BCUT2D eigenvalue weighted by Gasteiger charge is -2.04. The fraction of sp³-hybridized carbons (Fsp3) is 0.143. The first-order valence-electron chi connectivity index (χ1n) is 3.58. The minimum atomic E-state index is -0.778. The molecule has 1 atom stereocenters. The molecular weight excluding hydrogens is 188 g/mol. The summed E-state index contributed by atoms with van der Waals surface area (Å²) in [6.07, 6.45) is 5.27. The van der Waals surface area contributed by atoms with Gasteiger partial charge in [-0.15, -0.1) is 0 Å². The quantitative estimate of drug-likeness (QED) is 0.749. The van der Waals surface area contributed by atoms with Crippen LogP contribution in [-0.4, -0.2) is 23.8 Å². The molecule has 2 aromatic heterocycles. The Kier molecular flexibility index (Phi) is 2.24. The largest absolute Gasteiger partial charge is 0.382 e. The number of aliphatic hydroxyl groups is 1. The lowest BCUT2D eigenvalue weighted by Crippen LogP contribution is -2.00. The summed E-state index contributed by atoms with van der Waals surface area (Å²) in [6.45, 7) is 0. The second kappa shape index (κ2) is 3.55. The summed E-state index contributed by atoms with van der Waals surface area (Å²) < 4.78 is 7.72. The molecule has 0 saturated carbocycles. The highest BCUT2D eigenvalue weighted by molar-refractivity contribution is 6.99. The van der Waals surface area contributed by atoms with E-state index in [0.717, 1.165) is 11.7 Å². The Hall–Kier alpha value is -1.40. The summed E-state index contributed by atoms with van der Waals surface area (Å²) in [5.74, 6) is 0. The fourth-order valence-corrected chi connectivity index (χ4v) is 1.36. The van der Waals surface area contributed by atoms with Crippen molar-refractivity contribution >= 4 is 11.7 Å². The average molecular weight is 194 g/mol. The molecule has 2 heterocycles. The highest BCUT2D eigenvalue weighted by Crippen LogP contribution is 2.17. The Morgan fingerprint density at radius 1 is 1.23 bits per heavy atom. The zero-order valence-electron chi connectivity index (χ0n) is 6.53. The van der Waals surface area contributed by atoms with Crippen molar-refractivity contribution in [3.05, 3.63) is 36.2 Å². The van der Waals surface area contributed by atoms with Gasteiger partial charge >= 0.3 is 0 Å². The minimum absolute atomic E-state index is 0.528. The van der Waals surface area contributed by atoms with E-state index in [1.165, 1.54) is 12.5 Å². The topological polar surface area (TPSA) is 71.8 Å². The molecule has 5 nitrogen and oxygen atoms in total. The van der Waals surface area contributed by atoms with E-state index in [4.69, 9.17) is 0 Å². The molecule has 2 rings (SSSR count). The standard InChI is InChI=1S/C7H6N4OS/c12-7(6-3-10-13-11-6)5-1-8-4-9-2-5/h1-4,7,12H. The molecule has 2 aromatic rings. The van der Waals surface area contributed by atoms with Gasteiger partial charge in [-0.3, -0.25) is 0 Å².